The molecule has 0 spiro atoms. The summed E-state index contributed by atoms with van der Waals surface area (Å²) >= 11 is 4.40. The number of nitrogens with zero attached hydrogens (tertiary/aromatic N) is 2. The second-order valence-electron chi connectivity index (χ2n) is 5.04. The van der Waals surface area contributed by atoms with Crippen molar-refractivity contribution in [2.45, 2.75) is 0 Å². The van der Waals surface area contributed by atoms with E-state index in [0.29, 0.717) is 24.8 Å². The molecule has 2 amide bonds. The van der Waals surface area contributed by atoms with Gasteiger partial charge in [0.05, 0.1) is 24.8 Å². The first-order valence-corrected chi connectivity index (χ1v) is 8.55. The molecular weight excluding hydrogens is 368 g/mol. The summed E-state index contributed by atoms with van der Waals surface area (Å²) in [6.07, 6.45) is 1.76. The Hall–Kier alpha value is -1.15. The minimum absolute atomic E-state index is 0.210. The van der Waals surface area contributed by atoms with Crippen LogP contribution in [0.2, 0.25) is 0 Å². The SMILES string of the molecule is O=C1S/C(=C\c2cccc(Br)c2)C(=O)N1CN1CCOCC1. The van der Waals surface area contributed by atoms with Gasteiger partial charge in [-0.3, -0.25) is 19.4 Å². The highest BCUT2D eigenvalue weighted by Gasteiger charge is 2.36. The van der Waals surface area contributed by atoms with E-state index in [9.17, 15) is 9.59 Å². The molecule has 2 saturated heterocycles. The van der Waals surface area contributed by atoms with Gasteiger partial charge in [-0.05, 0) is 35.5 Å². The molecule has 2 aliphatic rings. The van der Waals surface area contributed by atoms with Crippen molar-refractivity contribution in [3.63, 3.8) is 0 Å². The molecule has 7 heteroatoms. The van der Waals surface area contributed by atoms with Crippen molar-refractivity contribution in [2.24, 2.45) is 0 Å². The van der Waals surface area contributed by atoms with E-state index >= 15 is 0 Å². The summed E-state index contributed by atoms with van der Waals surface area (Å²) in [6.45, 7) is 3.11. The standard InChI is InChI=1S/C15H15BrN2O3S/c16-12-3-1-2-11(8-12)9-13-14(19)18(15(20)22-13)10-17-4-6-21-7-5-17/h1-3,8-9H,4-7,10H2/b13-9-. The Bertz CT molecular complexity index is 629. The Morgan fingerprint density at radius 1 is 1.27 bits per heavy atom. The van der Waals surface area contributed by atoms with Gasteiger partial charge in [0.1, 0.15) is 0 Å². The van der Waals surface area contributed by atoms with Crippen LogP contribution in [0.3, 0.4) is 0 Å². The fourth-order valence-corrected chi connectivity index (χ4v) is 3.56. The molecule has 22 heavy (non-hydrogen) atoms. The quantitative estimate of drug-likeness (QED) is 0.752. The predicted molar refractivity (Wildman–Crippen MR) is 89.2 cm³/mol. The van der Waals surface area contributed by atoms with E-state index in [2.05, 4.69) is 20.8 Å². The molecule has 1 aromatic rings. The van der Waals surface area contributed by atoms with E-state index in [-0.39, 0.29) is 11.1 Å². The van der Waals surface area contributed by atoms with Crippen LogP contribution in [0.5, 0.6) is 0 Å². The number of carbonyl (C=O) groups is 2. The minimum Gasteiger partial charge on any atom is -0.379 e. The van der Waals surface area contributed by atoms with Gasteiger partial charge in [-0.25, -0.2) is 0 Å². The Labute approximate surface area is 141 Å². The Morgan fingerprint density at radius 3 is 2.77 bits per heavy atom. The number of morpholine rings is 1. The number of hydrogen-bond donors (Lipinski definition) is 0. The fraction of sp³-hybridized carbons (Fsp3) is 0.333. The lowest BCUT2D eigenvalue weighted by Gasteiger charge is -2.29. The van der Waals surface area contributed by atoms with E-state index in [4.69, 9.17) is 4.74 Å². The van der Waals surface area contributed by atoms with Gasteiger partial charge in [0.25, 0.3) is 11.1 Å². The number of carbonyl (C=O) groups excluding carboxylic acids is 2. The maximum atomic E-state index is 12.4. The molecule has 1 aromatic carbocycles. The van der Waals surface area contributed by atoms with Gasteiger partial charge >= 0.3 is 0 Å². The van der Waals surface area contributed by atoms with Gasteiger partial charge < -0.3 is 4.74 Å². The number of imide groups is 1. The van der Waals surface area contributed by atoms with Gasteiger partial charge in [0, 0.05) is 17.6 Å². The summed E-state index contributed by atoms with van der Waals surface area (Å²) in [5.74, 6) is -0.221. The van der Waals surface area contributed by atoms with E-state index in [1.807, 2.05) is 24.3 Å². The van der Waals surface area contributed by atoms with Crippen molar-refractivity contribution in [1.29, 1.82) is 0 Å². The zero-order valence-electron chi connectivity index (χ0n) is 11.8. The maximum Gasteiger partial charge on any atom is 0.294 e. The minimum atomic E-state index is -0.221. The Balaban J connectivity index is 1.73. The number of halogens is 1. The molecular formula is C15H15BrN2O3S. The molecule has 0 N–H and O–H groups in total. The first kappa shape index (κ1) is 15.7. The molecule has 2 aliphatic heterocycles. The van der Waals surface area contributed by atoms with Crippen LogP contribution >= 0.6 is 27.7 Å². The molecule has 0 radical (unpaired) electrons. The summed E-state index contributed by atoms with van der Waals surface area (Å²) in [4.78, 5) is 28.3. The summed E-state index contributed by atoms with van der Waals surface area (Å²) < 4.78 is 6.22. The largest absolute Gasteiger partial charge is 0.379 e. The Morgan fingerprint density at radius 2 is 2.05 bits per heavy atom. The van der Waals surface area contributed by atoms with Gasteiger partial charge in [0.15, 0.2) is 0 Å². The monoisotopic (exact) mass is 382 g/mol. The molecule has 2 fully saturated rings. The molecule has 0 saturated carbocycles. The molecule has 0 bridgehead atoms. The van der Waals surface area contributed by atoms with Crippen molar-refractivity contribution in [3.05, 3.63) is 39.2 Å². The lowest BCUT2D eigenvalue weighted by Crippen LogP contribution is -2.45. The zero-order chi connectivity index (χ0) is 15.5. The summed E-state index contributed by atoms with van der Waals surface area (Å²) in [6, 6.07) is 7.63. The highest BCUT2D eigenvalue weighted by molar-refractivity contribution is 9.10. The Kier molecular flexibility index (Phi) is 4.97. The fourth-order valence-electron chi connectivity index (χ4n) is 2.31. The number of amides is 2. The van der Waals surface area contributed by atoms with Gasteiger partial charge in [0.2, 0.25) is 0 Å². The molecule has 5 nitrogen and oxygen atoms in total. The number of thioether (sulfide) groups is 1. The summed E-state index contributed by atoms with van der Waals surface area (Å²) in [5, 5.41) is -0.210. The first-order valence-electron chi connectivity index (χ1n) is 6.94. The molecule has 2 heterocycles. The second kappa shape index (κ2) is 6.95. The van der Waals surface area contributed by atoms with Crippen LogP contribution in [0.15, 0.2) is 33.6 Å². The summed E-state index contributed by atoms with van der Waals surface area (Å²) in [5.41, 5.74) is 0.895. The molecule has 0 aliphatic carbocycles. The normalized spacial score (nSPS) is 21.9. The third-order valence-electron chi connectivity index (χ3n) is 3.47. The van der Waals surface area contributed by atoms with Crippen molar-refractivity contribution in [1.82, 2.24) is 9.80 Å². The molecule has 0 atom stereocenters. The van der Waals surface area contributed by atoms with Gasteiger partial charge in [-0.1, -0.05) is 28.1 Å². The number of hydrogen-bond acceptors (Lipinski definition) is 5. The first-order chi connectivity index (χ1) is 10.6. The van der Waals surface area contributed by atoms with E-state index in [1.165, 1.54) is 4.90 Å². The highest BCUT2D eigenvalue weighted by atomic mass is 79.9. The van der Waals surface area contributed by atoms with Crippen LogP contribution in [0.25, 0.3) is 6.08 Å². The highest BCUT2D eigenvalue weighted by Crippen LogP contribution is 2.32. The van der Waals surface area contributed by atoms with Gasteiger partial charge in [-0.2, -0.15) is 0 Å². The molecule has 3 rings (SSSR count). The zero-order valence-corrected chi connectivity index (χ0v) is 14.2. The predicted octanol–water partition coefficient (Wildman–Crippen LogP) is 2.78. The van der Waals surface area contributed by atoms with Crippen molar-refractivity contribution < 1.29 is 14.3 Å². The third kappa shape index (κ3) is 3.60. The number of rotatable bonds is 3. The maximum absolute atomic E-state index is 12.4. The molecule has 116 valence electrons. The van der Waals surface area contributed by atoms with Crippen LogP contribution in [0.1, 0.15) is 5.56 Å². The van der Waals surface area contributed by atoms with Gasteiger partial charge in [-0.15, -0.1) is 0 Å². The van der Waals surface area contributed by atoms with E-state index in [0.717, 1.165) is 34.9 Å². The van der Waals surface area contributed by atoms with Crippen molar-refractivity contribution in [3.8, 4) is 0 Å². The number of ether oxygens (including phenoxy) is 1. The number of benzene rings is 1. The van der Waals surface area contributed by atoms with Crippen LogP contribution in [0.4, 0.5) is 4.79 Å². The third-order valence-corrected chi connectivity index (χ3v) is 4.87. The van der Waals surface area contributed by atoms with Crippen LogP contribution in [-0.2, 0) is 9.53 Å². The van der Waals surface area contributed by atoms with Crippen LogP contribution in [-0.4, -0.2) is 53.9 Å². The van der Waals surface area contributed by atoms with Crippen molar-refractivity contribution in [2.75, 3.05) is 33.0 Å². The smallest absolute Gasteiger partial charge is 0.294 e. The topological polar surface area (TPSA) is 49.9 Å². The second-order valence-corrected chi connectivity index (χ2v) is 6.95. The van der Waals surface area contributed by atoms with E-state index in [1.54, 1.807) is 6.08 Å². The van der Waals surface area contributed by atoms with Crippen LogP contribution < -0.4 is 0 Å². The average Bonchev–Trinajstić information content (AvgIpc) is 2.76. The summed E-state index contributed by atoms with van der Waals surface area (Å²) in [7, 11) is 0. The average molecular weight is 383 g/mol. The van der Waals surface area contributed by atoms with Crippen molar-refractivity contribution >= 4 is 44.9 Å². The van der Waals surface area contributed by atoms with Crippen LogP contribution in [0, 0.1) is 0 Å². The lowest BCUT2D eigenvalue weighted by molar-refractivity contribution is -0.125. The molecule has 0 aromatic heterocycles. The lowest BCUT2D eigenvalue weighted by atomic mass is 10.2. The molecule has 0 unspecified atom stereocenters. The van der Waals surface area contributed by atoms with E-state index < -0.39 is 0 Å².